The van der Waals surface area contributed by atoms with E-state index >= 15 is 0 Å². The summed E-state index contributed by atoms with van der Waals surface area (Å²) in [4.78, 5) is 0. The SMILES string of the molecule is C/C(=C\I)CCO[Si](C)(C)C(C)(C)C. The average Bonchev–Trinajstić information content (AvgIpc) is 2.01. The maximum atomic E-state index is 6.06. The van der Waals surface area contributed by atoms with Crippen molar-refractivity contribution in [2.45, 2.75) is 52.2 Å². The second-order valence-electron chi connectivity index (χ2n) is 5.31. The molecule has 0 unspecified atom stereocenters. The van der Waals surface area contributed by atoms with Gasteiger partial charge in [0.15, 0.2) is 8.32 Å². The molecule has 0 saturated carbocycles. The lowest BCUT2D eigenvalue weighted by Gasteiger charge is -2.36. The zero-order valence-corrected chi connectivity index (χ0v) is 13.4. The first kappa shape index (κ1) is 14.6. The number of hydrogen-bond donors (Lipinski definition) is 0. The fourth-order valence-electron chi connectivity index (χ4n) is 0.738. The Morgan fingerprint density at radius 1 is 1.36 bits per heavy atom. The van der Waals surface area contributed by atoms with Crippen molar-refractivity contribution in [1.29, 1.82) is 0 Å². The molecule has 0 fully saturated rings. The van der Waals surface area contributed by atoms with Gasteiger partial charge < -0.3 is 4.43 Å². The van der Waals surface area contributed by atoms with Crippen molar-refractivity contribution < 1.29 is 4.43 Å². The van der Waals surface area contributed by atoms with Crippen LogP contribution < -0.4 is 0 Å². The molecule has 3 heteroatoms. The summed E-state index contributed by atoms with van der Waals surface area (Å²) in [6.07, 6.45) is 1.06. The summed E-state index contributed by atoms with van der Waals surface area (Å²) in [5, 5.41) is 0.328. The second kappa shape index (κ2) is 5.65. The molecule has 0 rings (SSSR count). The van der Waals surface area contributed by atoms with Gasteiger partial charge in [-0.3, -0.25) is 0 Å². The molecule has 0 amide bonds. The lowest BCUT2D eigenvalue weighted by molar-refractivity contribution is 0.292. The van der Waals surface area contributed by atoms with Gasteiger partial charge in [0.25, 0.3) is 0 Å². The molecule has 0 aliphatic heterocycles. The fraction of sp³-hybridized carbons (Fsp3) is 0.818. The molecule has 0 aliphatic carbocycles. The third-order valence-corrected chi connectivity index (χ3v) is 8.55. The van der Waals surface area contributed by atoms with E-state index in [1.807, 2.05) is 0 Å². The van der Waals surface area contributed by atoms with E-state index in [1.54, 1.807) is 0 Å². The molecule has 0 spiro atoms. The Morgan fingerprint density at radius 3 is 2.21 bits per heavy atom. The van der Waals surface area contributed by atoms with Gasteiger partial charge in [-0.05, 0) is 35.6 Å². The molecule has 0 heterocycles. The van der Waals surface area contributed by atoms with Crippen LogP contribution in [0.2, 0.25) is 18.1 Å². The van der Waals surface area contributed by atoms with E-state index in [0.717, 1.165) is 13.0 Å². The summed E-state index contributed by atoms with van der Waals surface area (Å²) < 4.78 is 8.19. The highest BCUT2D eigenvalue weighted by Crippen LogP contribution is 2.36. The zero-order chi connectivity index (χ0) is 11.4. The average molecular weight is 326 g/mol. The van der Waals surface area contributed by atoms with E-state index in [4.69, 9.17) is 4.43 Å². The van der Waals surface area contributed by atoms with Crippen LogP contribution >= 0.6 is 22.6 Å². The van der Waals surface area contributed by atoms with Crippen LogP contribution in [0.4, 0.5) is 0 Å². The molecule has 0 aliphatic rings. The molecule has 0 aromatic rings. The summed E-state index contributed by atoms with van der Waals surface area (Å²) in [5.74, 6) is 0. The van der Waals surface area contributed by atoms with E-state index in [9.17, 15) is 0 Å². The highest BCUT2D eigenvalue weighted by atomic mass is 127. The Hall–Kier alpha value is 0.647. The van der Waals surface area contributed by atoms with Crippen LogP contribution in [0.15, 0.2) is 9.66 Å². The Kier molecular flexibility index (Phi) is 5.92. The smallest absolute Gasteiger partial charge is 0.191 e. The standard InChI is InChI=1S/C11H23IOSi/c1-10(9-12)7-8-13-14(5,6)11(2,3)4/h9H,7-8H2,1-6H3/b10-9+. The third-order valence-electron chi connectivity index (χ3n) is 2.95. The van der Waals surface area contributed by atoms with Gasteiger partial charge in [-0.15, -0.1) is 0 Å². The quantitative estimate of drug-likeness (QED) is 0.536. The molecule has 0 aromatic carbocycles. The van der Waals surface area contributed by atoms with Crippen molar-refractivity contribution >= 4 is 30.9 Å². The summed E-state index contributed by atoms with van der Waals surface area (Å²) >= 11 is 2.28. The topological polar surface area (TPSA) is 9.23 Å². The van der Waals surface area contributed by atoms with Crippen LogP contribution in [0.1, 0.15) is 34.1 Å². The van der Waals surface area contributed by atoms with Crippen molar-refractivity contribution in [2.24, 2.45) is 0 Å². The monoisotopic (exact) mass is 326 g/mol. The van der Waals surface area contributed by atoms with Crippen molar-refractivity contribution in [3.05, 3.63) is 9.66 Å². The molecule has 0 aromatic heterocycles. The van der Waals surface area contributed by atoms with Gasteiger partial charge in [-0.2, -0.15) is 0 Å². The number of hydrogen-bond acceptors (Lipinski definition) is 1. The first-order valence-corrected chi connectivity index (χ1v) is 9.26. The maximum Gasteiger partial charge on any atom is 0.191 e. The van der Waals surface area contributed by atoms with E-state index in [2.05, 4.69) is 67.5 Å². The van der Waals surface area contributed by atoms with E-state index < -0.39 is 8.32 Å². The third kappa shape index (κ3) is 4.93. The first-order chi connectivity index (χ1) is 6.20. The van der Waals surface area contributed by atoms with Gasteiger partial charge in [0.1, 0.15) is 0 Å². The molecule has 0 N–H and O–H groups in total. The molecular formula is C11H23IOSi. The molecule has 0 atom stereocenters. The fourth-order valence-corrected chi connectivity index (χ4v) is 2.10. The van der Waals surface area contributed by atoms with E-state index in [-0.39, 0.29) is 0 Å². The summed E-state index contributed by atoms with van der Waals surface area (Å²) in [6, 6.07) is 0. The number of halogens is 1. The highest BCUT2D eigenvalue weighted by Gasteiger charge is 2.36. The predicted molar refractivity (Wildman–Crippen MR) is 75.5 cm³/mol. The number of rotatable bonds is 4. The molecule has 84 valence electrons. The molecule has 1 nitrogen and oxygen atoms in total. The van der Waals surface area contributed by atoms with Gasteiger partial charge >= 0.3 is 0 Å². The van der Waals surface area contributed by atoms with Crippen LogP contribution in [0.3, 0.4) is 0 Å². The van der Waals surface area contributed by atoms with E-state index in [1.165, 1.54) is 5.57 Å². The molecular weight excluding hydrogens is 303 g/mol. The van der Waals surface area contributed by atoms with Crippen LogP contribution in [0, 0.1) is 0 Å². The second-order valence-corrected chi connectivity index (χ2v) is 10.7. The van der Waals surface area contributed by atoms with Gasteiger partial charge in [-0.25, -0.2) is 0 Å². The highest BCUT2D eigenvalue weighted by molar-refractivity contribution is 14.1. The molecule has 14 heavy (non-hydrogen) atoms. The van der Waals surface area contributed by atoms with Crippen LogP contribution in [0.5, 0.6) is 0 Å². The summed E-state index contributed by atoms with van der Waals surface area (Å²) in [5.41, 5.74) is 1.41. The zero-order valence-electron chi connectivity index (χ0n) is 10.3. The minimum absolute atomic E-state index is 0.328. The van der Waals surface area contributed by atoms with Gasteiger partial charge in [0.05, 0.1) is 0 Å². The van der Waals surface area contributed by atoms with Gasteiger partial charge in [0.2, 0.25) is 0 Å². The van der Waals surface area contributed by atoms with Crippen molar-refractivity contribution in [2.75, 3.05) is 6.61 Å². The lowest BCUT2D eigenvalue weighted by Crippen LogP contribution is -2.40. The Bertz CT molecular complexity index is 204. The first-order valence-electron chi connectivity index (χ1n) is 5.10. The largest absolute Gasteiger partial charge is 0.417 e. The summed E-state index contributed by atoms with van der Waals surface area (Å²) in [7, 11) is -1.51. The van der Waals surface area contributed by atoms with Crippen molar-refractivity contribution in [3.8, 4) is 0 Å². The Labute approximate surface area is 104 Å². The Balaban J connectivity index is 4.01. The van der Waals surface area contributed by atoms with Crippen LogP contribution in [0.25, 0.3) is 0 Å². The van der Waals surface area contributed by atoms with Gasteiger partial charge in [0, 0.05) is 6.61 Å². The van der Waals surface area contributed by atoms with Crippen molar-refractivity contribution in [1.82, 2.24) is 0 Å². The molecule has 0 saturated heterocycles. The van der Waals surface area contributed by atoms with Gasteiger partial charge in [-0.1, -0.05) is 48.9 Å². The molecule has 0 radical (unpaired) electrons. The van der Waals surface area contributed by atoms with E-state index in [0.29, 0.717) is 5.04 Å². The Morgan fingerprint density at radius 2 is 1.86 bits per heavy atom. The van der Waals surface area contributed by atoms with Crippen molar-refractivity contribution in [3.63, 3.8) is 0 Å². The van der Waals surface area contributed by atoms with Crippen LogP contribution in [-0.4, -0.2) is 14.9 Å². The minimum atomic E-state index is -1.51. The van der Waals surface area contributed by atoms with Crippen LogP contribution in [-0.2, 0) is 4.43 Å². The lowest BCUT2D eigenvalue weighted by atomic mass is 10.2. The summed E-state index contributed by atoms with van der Waals surface area (Å²) in [6.45, 7) is 14.5. The predicted octanol–water partition coefficient (Wildman–Crippen LogP) is 4.74. The minimum Gasteiger partial charge on any atom is -0.417 e. The maximum absolute atomic E-state index is 6.06. The normalized spacial score (nSPS) is 14.6. The molecule has 0 bridgehead atoms.